The fraction of sp³-hybridized carbons (Fsp3) is 0.214. The number of hydrogen-bond donors (Lipinski definition) is 1. The molecule has 0 aromatic heterocycles. The highest BCUT2D eigenvalue weighted by molar-refractivity contribution is 6.12. The molecule has 3 nitrogen and oxygen atoms in total. The first-order valence-corrected chi connectivity index (χ1v) is 5.42. The molecule has 2 rings (SSSR count). The van der Waals surface area contributed by atoms with Crippen LogP contribution in [0.1, 0.15) is 18.4 Å². The van der Waals surface area contributed by atoms with Crippen molar-refractivity contribution in [3.63, 3.8) is 0 Å². The minimum absolute atomic E-state index is 0.0389. The summed E-state index contributed by atoms with van der Waals surface area (Å²) >= 11 is 0. The van der Waals surface area contributed by atoms with Crippen LogP contribution in [0.3, 0.4) is 0 Å². The molecule has 0 bridgehead atoms. The van der Waals surface area contributed by atoms with Gasteiger partial charge in [-0.2, -0.15) is 0 Å². The van der Waals surface area contributed by atoms with Gasteiger partial charge in [-0.25, -0.2) is 0 Å². The van der Waals surface area contributed by atoms with E-state index in [1.54, 1.807) is 18.2 Å². The van der Waals surface area contributed by atoms with Gasteiger partial charge in [-0.1, -0.05) is 12.6 Å². The number of aromatic hydroxyl groups is 1. The molecule has 0 spiro atoms. The number of phenolic OH excluding ortho intramolecular Hbond substituents is 1. The summed E-state index contributed by atoms with van der Waals surface area (Å²) in [5.41, 5.74) is 2.28. The third-order valence-electron chi connectivity index (χ3n) is 2.85. The van der Waals surface area contributed by atoms with Gasteiger partial charge in [0.25, 0.3) is 0 Å². The average Bonchev–Trinajstić information content (AvgIpc) is 2.63. The molecule has 88 valence electrons. The Morgan fingerprint density at radius 3 is 2.76 bits per heavy atom. The van der Waals surface area contributed by atoms with Crippen molar-refractivity contribution in [1.29, 1.82) is 0 Å². The maximum atomic E-state index is 11.7. The van der Waals surface area contributed by atoms with E-state index in [9.17, 15) is 9.90 Å². The highest BCUT2D eigenvalue weighted by atomic mass is 16.5. The van der Waals surface area contributed by atoms with Gasteiger partial charge in [-0.15, -0.1) is 0 Å². The van der Waals surface area contributed by atoms with Crippen LogP contribution in [-0.2, 0) is 4.79 Å². The summed E-state index contributed by atoms with van der Waals surface area (Å²) in [6.07, 6.45) is 3.29. The van der Waals surface area contributed by atoms with Gasteiger partial charge in [0.2, 0.25) is 0 Å². The molecular formula is C14H14O3. The van der Waals surface area contributed by atoms with Crippen LogP contribution >= 0.6 is 0 Å². The zero-order chi connectivity index (χ0) is 12.4. The molecule has 1 aromatic carbocycles. The zero-order valence-electron chi connectivity index (χ0n) is 9.69. The first kappa shape index (κ1) is 11.5. The van der Waals surface area contributed by atoms with Crippen LogP contribution in [0.2, 0.25) is 0 Å². The number of Topliss-reactive ketones (excluding diaryl/α,β-unsaturated/α-hetero) is 1. The lowest BCUT2D eigenvalue weighted by atomic mass is 10.1. The SMILES string of the molecule is C=C1CCC(=Cc2ccc(O)c(OC)c2)C1=O. The lowest BCUT2D eigenvalue weighted by Crippen LogP contribution is -1.94. The summed E-state index contributed by atoms with van der Waals surface area (Å²) in [6, 6.07) is 5.01. The Hall–Kier alpha value is -2.03. The first-order valence-electron chi connectivity index (χ1n) is 5.42. The number of ketones is 1. The molecule has 0 atom stereocenters. The van der Waals surface area contributed by atoms with Crippen LogP contribution in [0, 0.1) is 0 Å². The molecule has 0 amide bonds. The monoisotopic (exact) mass is 230 g/mol. The van der Waals surface area contributed by atoms with Crippen molar-refractivity contribution in [3.05, 3.63) is 41.5 Å². The number of benzene rings is 1. The van der Waals surface area contributed by atoms with E-state index >= 15 is 0 Å². The standard InChI is InChI=1S/C14H14O3/c1-9-3-5-11(14(9)16)7-10-4-6-12(15)13(8-10)17-2/h4,6-8,15H,1,3,5H2,2H3. The largest absolute Gasteiger partial charge is 0.504 e. The van der Waals surface area contributed by atoms with Crippen LogP contribution in [-0.4, -0.2) is 18.0 Å². The van der Waals surface area contributed by atoms with Crippen molar-refractivity contribution in [2.75, 3.05) is 7.11 Å². The van der Waals surface area contributed by atoms with E-state index in [4.69, 9.17) is 4.74 Å². The minimum atomic E-state index is 0.0389. The van der Waals surface area contributed by atoms with E-state index in [1.165, 1.54) is 7.11 Å². The van der Waals surface area contributed by atoms with Crippen LogP contribution < -0.4 is 4.74 Å². The molecule has 0 heterocycles. The lowest BCUT2D eigenvalue weighted by Gasteiger charge is -2.04. The van der Waals surface area contributed by atoms with Gasteiger partial charge < -0.3 is 9.84 Å². The number of carbonyl (C=O) groups excluding carboxylic acids is 1. The smallest absolute Gasteiger partial charge is 0.184 e. The van der Waals surface area contributed by atoms with Gasteiger partial charge in [0, 0.05) is 5.57 Å². The molecule has 0 radical (unpaired) electrons. The van der Waals surface area contributed by atoms with E-state index < -0.39 is 0 Å². The third kappa shape index (κ3) is 2.23. The summed E-state index contributed by atoms with van der Waals surface area (Å²) in [6.45, 7) is 3.72. The van der Waals surface area contributed by atoms with Crippen LogP contribution in [0.15, 0.2) is 35.9 Å². The molecule has 17 heavy (non-hydrogen) atoms. The van der Waals surface area contributed by atoms with Crippen molar-refractivity contribution < 1.29 is 14.6 Å². The summed E-state index contributed by atoms with van der Waals surface area (Å²) in [5, 5.41) is 9.46. The van der Waals surface area contributed by atoms with Gasteiger partial charge in [-0.05, 0) is 42.2 Å². The highest BCUT2D eigenvalue weighted by Gasteiger charge is 2.20. The van der Waals surface area contributed by atoms with E-state index in [0.717, 1.165) is 24.0 Å². The quantitative estimate of drug-likeness (QED) is 0.794. The Morgan fingerprint density at radius 1 is 1.41 bits per heavy atom. The summed E-state index contributed by atoms with van der Waals surface area (Å²) in [7, 11) is 1.49. The van der Waals surface area contributed by atoms with Crippen molar-refractivity contribution in [3.8, 4) is 11.5 Å². The Balaban J connectivity index is 2.33. The number of methoxy groups -OCH3 is 1. The van der Waals surface area contributed by atoms with Crippen LogP contribution in [0.4, 0.5) is 0 Å². The van der Waals surface area contributed by atoms with Crippen molar-refractivity contribution in [2.45, 2.75) is 12.8 Å². The maximum absolute atomic E-state index is 11.7. The van der Waals surface area contributed by atoms with Crippen LogP contribution in [0.25, 0.3) is 6.08 Å². The average molecular weight is 230 g/mol. The normalized spacial score (nSPS) is 17.8. The van der Waals surface area contributed by atoms with Gasteiger partial charge in [0.15, 0.2) is 17.3 Å². The molecule has 1 N–H and O–H groups in total. The Kier molecular flexibility index (Phi) is 3.00. The molecule has 1 saturated carbocycles. The second kappa shape index (κ2) is 4.45. The lowest BCUT2D eigenvalue weighted by molar-refractivity contribution is -0.111. The van der Waals surface area contributed by atoms with E-state index in [1.807, 2.05) is 6.08 Å². The first-order chi connectivity index (χ1) is 8.11. The van der Waals surface area contributed by atoms with Gasteiger partial charge in [0.05, 0.1) is 7.11 Å². The summed E-state index contributed by atoms with van der Waals surface area (Å²) < 4.78 is 5.02. The molecule has 1 aliphatic carbocycles. The zero-order valence-corrected chi connectivity index (χ0v) is 9.69. The topological polar surface area (TPSA) is 46.5 Å². The fourth-order valence-corrected chi connectivity index (χ4v) is 1.86. The number of rotatable bonds is 2. The molecule has 0 aliphatic heterocycles. The molecule has 1 fully saturated rings. The van der Waals surface area contributed by atoms with E-state index in [2.05, 4.69) is 6.58 Å². The second-order valence-corrected chi connectivity index (χ2v) is 4.03. The predicted octanol–water partition coefficient (Wildman–Crippen LogP) is 2.70. The Bertz CT molecular complexity index is 512. The summed E-state index contributed by atoms with van der Waals surface area (Å²) in [5.74, 6) is 0.539. The molecule has 3 heteroatoms. The summed E-state index contributed by atoms with van der Waals surface area (Å²) in [4.78, 5) is 11.7. The molecule has 1 aromatic rings. The van der Waals surface area contributed by atoms with Gasteiger partial charge in [-0.3, -0.25) is 4.79 Å². The van der Waals surface area contributed by atoms with Gasteiger partial charge in [0.1, 0.15) is 0 Å². The number of allylic oxidation sites excluding steroid dienone is 2. The van der Waals surface area contributed by atoms with E-state index in [0.29, 0.717) is 11.3 Å². The van der Waals surface area contributed by atoms with E-state index in [-0.39, 0.29) is 11.5 Å². The molecular weight excluding hydrogens is 216 g/mol. The van der Waals surface area contributed by atoms with Gasteiger partial charge >= 0.3 is 0 Å². The highest BCUT2D eigenvalue weighted by Crippen LogP contribution is 2.30. The number of ether oxygens (including phenoxy) is 1. The number of carbonyl (C=O) groups is 1. The van der Waals surface area contributed by atoms with Crippen molar-refractivity contribution in [1.82, 2.24) is 0 Å². The molecule has 1 aliphatic rings. The minimum Gasteiger partial charge on any atom is -0.504 e. The molecule has 0 saturated heterocycles. The van der Waals surface area contributed by atoms with Crippen molar-refractivity contribution in [2.24, 2.45) is 0 Å². The second-order valence-electron chi connectivity index (χ2n) is 4.03. The predicted molar refractivity (Wildman–Crippen MR) is 66.0 cm³/mol. The Morgan fingerprint density at radius 2 is 2.18 bits per heavy atom. The third-order valence-corrected chi connectivity index (χ3v) is 2.85. The van der Waals surface area contributed by atoms with Crippen LogP contribution in [0.5, 0.6) is 11.5 Å². The maximum Gasteiger partial charge on any atom is 0.184 e. The van der Waals surface area contributed by atoms with Crippen molar-refractivity contribution >= 4 is 11.9 Å². The Labute approximate surface area is 100 Å². The molecule has 0 unspecified atom stereocenters. The fourth-order valence-electron chi connectivity index (χ4n) is 1.86. The number of phenols is 1. The number of hydrogen-bond acceptors (Lipinski definition) is 3.